The number of nitrogens with zero attached hydrogens (tertiary/aromatic N) is 4. The first-order valence-electron chi connectivity index (χ1n) is 22.2. The molecule has 4 aliphatic carbocycles. The summed E-state index contributed by atoms with van der Waals surface area (Å²) in [6.45, 7) is 9.45. The highest BCUT2D eigenvalue weighted by Crippen LogP contribution is 2.62. The predicted molar refractivity (Wildman–Crippen MR) is 240 cm³/mol. The van der Waals surface area contributed by atoms with Gasteiger partial charge in [0.05, 0.1) is 17.5 Å². The maximum absolute atomic E-state index is 13.5. The molecule has 322 valence electrons. The van der Waals surface area contributed by atoms with E-state index in [-0.39, 0.29) is 5.91 Å². The van der Waals surface area contributed by atoms with Crippen molar-refractivity contribution in [3.05, 3.63) is 89.6 Å². The summed E-state index contributed by atoms with van der Waals surface area (Å²) in [6, 6.07) is 10.6. The van der Waals surface area contributed by atoms with Crippen molar-refractivity contribution in [3.63, 3.8) is 0 Å². The van der Waals surface area contributed by atoms with Gasteiger partial charge in [0.2, 0.25) is 5.91 Å². The fraction of sp³-hybridized carbons (Fsp3) is 0.553. The van der Waals surface area contributed by atoms with Gasteiger partial charge >= 0.3 is 0 Å². The Balaban J connectivity index is 0.750. The number of aliphatic imine (C=N–C) groups is 1. The minimum Gasteiger partial charge on any atom is -0.370 e. The van der Waals surface area contributed by atoms with Gasteiger partial charge in [0.1, 0.15) is 11.7 Å². The number of aliphatic hydroxyl groups is 2. The van der Waals surface area contributed by atoms with Gasteiger partial charge in [0.25, 0.3) is 0 Å². The number of aromatic nitrogens is 2. The molecule has 60 heavy (non-hydrogen) atoms. The van der Waals surface area contributed by atoms with E-state index in [1.807, 2.05) is 18.3 Å². The van der Waals surface area contributed by atoms with Gasteiger partial charge in [0.15, 0.2) is 6.29 Å². The number of fused-ring (bicyclic) bond motifs is 2. The molecule has 0 saturated heterocycles. The van der Waals surface area contributed by atoms with Crippen molar-refractivity contribution < 1.29 is 24.1 Å². The van der Waals surface area contributed by atoms with Crippen LogP contribution >= 0.6 is 10.8 Å². The summed E-state index contributed by atoms with van der Waals surface area (Å²) >= 11 is 0. The normalized spacial score (nSPS) is 28.0. The van der Waals surface area contributed by atoms with Crippen molar-refractivity contribution in [2.75, 3.05) is 30.0 Å². The Morgan fingerprint density at radius 1 is 1.00 bits per heavy atom. The standard InChI is InChI=1S/C47H63N7O5S/c1-27(2)25-53-15-13-31-17-35(9-11-42(31)53)50-44-40(46(55)52-60(4,58)59)21-34(24-49-44)38-22-39(38)37-19-30(37)6-5-28(3)26-54-16-14-32-18-36(10-12-43(32)54)51-45-41(47(56)57)20-33(23-48-45)29-7-8-29/h9-11,13-18,20,23,27-30,34,37-40,43,47,56-59H,5-8,12,19,21-22,24-26H2,1-4H3,(H,48,51)(H,49,50)(H,52,55)/t28?,30?,34?,37-,38?,39?,40?,43?/m0/s1. The zero-order chi connectivity index (χ0) is 41.9. The lowest BCUT2D eigenvalue weighted by Crippen LogP contribution is -2.43. The molecular weight excluding hydrogens is 775 g/mol. The van der Waals surface area contributed by atoms with Crippen LogP contribution in [0, 0.1) is 47.3 Å². The number of carbonyl (C=O) groups excluding carboxylic acids is 1. The number of allylic oxidation sites excluding steroid dienone is 1. The number of hydrogen-bond acceptors (Lipinski definition) is 10. The highest BCUT2D eigenvalue weighted by Gasteiger charge is 2.56. The van der Waals surface area contributed by atoms with E-state index in [0.717, 1.165) is 66.5 Å². The molecule has 3 aromatic rings. The van der Waals surface area contributed by atoms with Gasteiger partial charge < -0.3 is 30.3 Å². The van der Waals surface area contributed by atoms with Crippen molar-refractivity contribution in [1.82, 2.24) is 19.2 Å². The van der Waals surface area contributed by atoms with Crippen LogP contribution < -0.4 is 15.4 Å². The molecule has 9 rings (SSSR count). The SMILES string of the molecule is CC(C)Cn1ccc2cc(NC3=NCC(C4CC4[C@H]4CC4CCC(C)CN4C=CC5=CC(Nc6ncc(C7CC7)cc6C(O)O)=CCC54)CC3C(=O)NS(C)(O)O)ccc21. The van der Waals surface area contributed by atoms with Gasteiger partial charge in [-0.15, -0.1) is 10.8 Å². The maximum atomic E-state index is 13.5. The molecule has 8 atom stereocenters. The first-order chi connectivity index (χ1) is 28.8. The van der Waals surface area contributed by atoms with Crippen LogP contribution in [0.25, 0.3) is 10.9 Å². The van der Waals surface area contributed by atoms with Crippen LogP contribution in [0.4, 0.5) is 11.5 Å². The van der Waals surface area contributed by atoms with Gasteiger partial charge in [-0.2, -0.15) is 0 Å². The van der Waals surface area contributed by atoms with Crippen molar-refractivity contribution in [2.24, 2.45) is 52.3 Å². The van der Waals surface area contributed by atoms with Gasteiger partial charge in [0, 0.05) is 60.6 Å². The number of amidine groups is 1. The van der Waals surface area contributed by atoms with Crippen LogP contribution in [0.1, 0.15) is 95.5 Å². The predicted octanol–water partition coefficient (Wildman–Crippen LogP) is 8.62. The lowest BCUT2D eigenvalue weighted by molar-refractivity contribution is -0.121. The summed E-state index contributed by atoms with van der Waals surface area (Å²) in [5, 5.41) is 28.0. The third-order valence-corrected chi connectivity index (χ3v) is 14.4. The second kappa shape index (κ2) is 16.6. The molecule has 12 nitrogen and oxygen atoms in total. The van der Waals surface area contributed by atoms with E-state index in [2.05, 4.69) is 99.4 Å². The molecule has 13 heteroatoms. The van der Waals surface area contributed by atoms with Crippen molar-refractivity contribution in [2.45, 2.75) is 96.9 Å². The number of carbonyl (C=O) groups is 1. The van der Waals surface area contributed by atoms with Crippen LogP contribution in [0.15, 0.2) is 83.4 Å². The number of amides is 1. The third-order valence-electron chi connectivity index (χ3n) is 13.8. The molecule has 1 aromatic carbocycles. The minimum atomic E-state index is -3.21. The van der Waals surface area contributed by atoms with Crippen molar-refractivity contribution >= 4 is 44.9 Å². The number of benzene rings is 1. The fourth-order valence-corrected chi connectivity index (χ4v) is 10.9. The second-order valence-electron chi connectivity index (χ2n) is 19.3. The number of hydrogen-bond donors (Lipinski definition) is 7. The fourth-order valence-electron chi connectivity index (χ4n) is 10.4. The number of anilines is 2. The summed E-state index contributed by atoms with van der Waals surface area (Å²) in [4.78, 5) is 25.6. The lowest BCUT2D eigenvalue weighted by atomic mass is 9.85. The Bertz CT molecular complexity index is 2220. The van der Waals surface area contributed by atoms with Crippen molar-refractivity contribution in [3.8, 4) is 0 Å². The third kappa shape index (κ3) is 9.35. The molecule has 3 saturated carbocycles. The maximum Gasteiger partial charge on any atom is 0.248 e. The van der Waals surface area contributed by atoms with Crippen LogP contribution in [-0.2, 0) is 11.3 Å². The first-order valence-corrected chi connectivity index (χ1v) is 24.2. The summed E-state index contributed by atoms with van der Waals surface area (Å²) in [5.41, 5.74) is 5.75. The molecule has 1 amide bonds. The topological polar surface area (TPSA) is 168 Å². The largest absolute Gasteiger partial charge is 0.370 e. The first kappa shape index (κ1) is 41.2. The molecule has 0 radical (unpaired) electrons. The molecule has 0 spiro atoms. The lowest BCUT2D eigenvalue weighted by Gasteiger charge is -2.33. The number of pyridine rings is 1. The average molecular weight is 838 g/mol. The van der Waals surface area contributed by atoms with Crippen LogP contribution in [0.5, 0.6) is 0 Å². The Morgan fingerprint density at radius 3 is 2.60 bits per heavy atom. The Kier molecular flexibility index (Phi) is 11.4. The van der Waals surface area contributed by atoms with Gasteiger partial charge in [-0.1, -0.05) is 26.8 Å². The van der Waals surface area contributed by atoms with E-state index < -0.39 is 23.0 Å². The zero-order valence-electron chi connectivity index (χ0n) is 35.4. The molecule has 3 fully saturated rings. The zero-order valence-corrected chi connectivity index (χ0v) is 36.2. The molecule has 0 bridgehead atoms. The summed E-state index contributed by atoms with van der Waals surface area (Å²) in [5.74, 6) is 4.85. The van der Waals surface area contributed by atoms with E-state index >= 15 is 0 Å². The van der Waals surface area contributed by atoms with Crippen molar-refractivity contribution in [1.29, 1.82) is 0 Å². The molecule has 2 aliphatic heterocycles. The second-order valence-corrected chi connectivity index (χ2v) is 21.2. The molecular formula is C47H63N7O5S. The molecule has 7 N–H and O–H groups in total. The highest BCUT2D eigenvalue weighted by molar-refractivity contribution is 8.22. The monoisotopic (exact) mass is 837 g/mol. The Hall–Kier alpha value is -4.14. The average Bonchev–Trinajstić information content (AvgIpc) is 4.12. The molecule has 7 unspecified atom stereocenters. The van der Waals surface area contributed by atoms with Gasteiger partial charge in [-0.25, -0.2) is 4.98 Å². The highest BCUT2D eigenvalue weighted by atomic mass is 32.3. The van der Waals surface area contributed by atoms with Crippen LogP contribution in [0.3, 0.4) is 0 Å². The Morgan fingerprint density at radius 2 is 1.83 bits per heavy atom. The molecule has 2 aromatic heterocycles. The Labute approximate surface area is 355 Å². The summed E-state index contributed by atoms with van der Waals surface area (Å²) in [7, 11) is -3.21. The van der Waals surface area contributed by atoms with E-state index in [9.17, 15) is 24.1 Å². The molecule has 6 aliphatic rings. The number of rotatable bonds is 16. The van der Waals surface area contributed by atoms with E-state index in [1.54, 1.807) is 0 Å². The summed E-state index contributed by atoms with van der Waals surface area (Å²) in [6.07, 6.45) is 21.2. The van der Waals surface area contributed by atoms with Gasteiger partial charge in [-0.05, 0) is 159 Å². The van der Waals surface area contributed by atoms with E-state index in [0.29, 0.717) is 71.7 Å². The quantitative estimate of drug-likeness (QED) is 0.0699. The van der Waals surface area contributed by atoms with E-state index in [1.165, 1.54) is 43.0 Å². The number of nitrogens with one attached hydrogen (secondary N) is 3. The smallest absolute Gasteiger partial charge is 0.248 e. The van der Waals surface area contributed by atoms with E-state index in [4.69, 9.17) is 4.99 Å². The van der Waals surface area contributed by atoms with Crippen LogP contribution in [-0.4, -0.2) is 70.9 Å². The van der Waals surface area contributed by atoms with Crippen LogP contribution in [0.2, 0.25) is 0 Å². The molecule has 4 heterocycles. The summed E-state index contributed by atoms with van der Waals surface area (Å²) < 4.78 is 25.0. The number of aliphatic hydroxyl groups excluding tert-OH is 1. The minimum absolute atomic E-state index is 0.305. The van der Waals surface area contributed by atoms with Gasteiger partial charge in [-0.3, -0.25) is 23.6 Å².